The maximum atomic E-state index is 12.7. The molecule has 0 unspecified atom stereocenters. The first-order chi connectivity index (χ1) is 6.15. The zero-order valence-electron chi connectivity index (χ0n) is 6.76. The number of halogens is 2. The van der Waals surface area contributed by atoms with Gasteiger partial charge in [-0.05, 0) is 24.1 Å². The molecule has 1 aromatic carbocycles. The second kappa shape index (κ2) is 4.37. The van der Waals surface area contributed by atoms with E-state index in [1.54, 1.807) is 0 Å². The van der Waals surface area contributed by atoms with Crippen LogP contribution < -0.4 is 0 Å². The summed E-state index contributed by atoms with van der Waals surface area (Å²) >= 11 is 3.20. The van der Waals surface area contributed by atoms with Gasteiger partial charge in [-0.2, -0.15) is 0 Å². The summed E-state index contributed by atoms with van der Waals surface area (Å²) in [7, 11) is 0. The van der Waals surface area contributed by atoms with Gasteiger partial charge in [-0.1, -0.05) is 22.0 Å². The van der Waals surface area contributed by atoms with E-state index in [0.29, 0.717) is 17.3 Å². The van der Waals surface area contributed by atoms with Crippen LogP contribution in [0.5, 0.6) is 0 Å². The summed E-state index contributed by atoms with van der Waals surface area (Å²) in [4.78, 5) is 10.7. The van der Waals surface area contributed by atoms with Gasteiger partial charge in [0, 0.05) is 5.33 Å². The quantitative estimate of drug-likeness (QED) is 0.833. The Morgan fingerprint density at radius 2 is 2.23 bits per heavy atom. The number of hydrogen-bond acceptors (Lipinski definition) is 1. The third-order valence-corrected chi connectivity index (χ3v) is 2.06. The zero-order valence-corrected chi connectivity index (χ0v) is 8.34. The van der Waals surface area contributed by atoms with Crippen LogP contribution in [0.25, 0.3) is 0 Å². The molecule has 2 nitrogen and oxygen atoms in total. The number of carboxylic acid groups (broad SMARTS) is 1. The first-order valence-corrected chi connectivity index (χ1v) is 4.85. The molecule has 0 bridgehead atoms. The van der Waals surface area contributed by atoms with E-state index in [2.05, 4.69) is 15.9 Å². The largest absolute Gasteiger partial charge is 0.478 e. The number of hydrogen-bond donors (Lipinski definition) is 1. The molecular formula is C9H8BrFO2. The minimum Gasteiger partial charge on any atom is -0.478 e. The number of carboxylic acids is 1. The number of carbonyl (C=O) groups is 1. The second-order valence-electron chi connectivity index (χ2n) is 2.55. The Morgan fingerprint density at radius 1 is 1.54 bits per heavy atom. The molecule has 13 heavy (non-hydrogen) atoms. The van der Waals surface area contributed by atoms with E-state index < -0.39 is 11.8 Å². The summed E-state index contributed by atoms with van der Waals surface area (Å²) in [5, 5.41) is 9.40. The van der Waals surface area contributed by atoms with E-state index in [1.807, 2.05) is 0 Å². The normalized spacial score (nSPS) is 10.0. The van der Waals surface area contributed by atoms with Crippen LogP contribution in [-0.2, 0) is 6.42 Å². The monoisotopic (exact) mass is 246 g/mol. The molecule has 0 atom stereocenters. The SMILES string of the molecule is O=C(O)c1cc(F)ccc1CCBr. The van der Waals surface area contributed by atoms with Crippen molar-refractivity contribution in [2.24, 2.45) is 0 Å². The summed E-state index contributed by atoms with van der Waals surface area (Å²) < 4.78 is 12.7. The zero-order chi connectivity index (χ0) is 9.84. The maximum absolute atomic E-state index is 12.7. The molecule has 0 aliphatic heterocycles. The van der Waals surface area contributed by atoms with Gasteiger partial charge in [0.25, 0.3) is 0 Å². The fourth-order valence-electron chi connectivity index (χ4n) is 1.07. The Balaban J connectivity index is 3.10. The van der Waals surface area contributed by atoms with Gasteiger partial charge in [0.1, 0.15) is 5.82 Å². The molecular weight excluding hydrogens is 239 g/mol. The van der Waals surface area contributed by atoms with E-state index >= 15 is 0 Å². The molecule has 0 aromatic heterocycles. The average Bonchev–Trinajstić information content (AvgIpc) is 2.08. The van der Waals surface area contributed by atoms with E-state index in [1.165, 1.54) is 12.1 Å². The highest BCUT2D eigenvalue weighted by Crippen LogP contribution is 2.12. The van der Waals surface area contributed by atoms with Crippen molar-refractivity contribution < 1.29 is 14.3 Å². The van der Waals surface area contributed by atoms with E-state index in [4.69, 9.17) is 5.11 Å². The van der Waals surface area contributed by atoms with Gasteiger partial charge >= 0.3 is 5.97 Å². The molecule has 0 saturated carbocycles. The maximum Gasteiger partial charge on any atom is 0.336 e. The molecule has 0 spiro atoms. The summed E-state index contributed by atoms with van der Waals surface area (Å²) in [6, 6.07) is 3.81. The van der Waals surface area contributed by atoms with Gasteiger partial charge in [-0.3, -0.25) is 0 Å². The van der Waals surface area contributed by atoms with Crippen LogP contribution in [0, 0.1) is 5.82 Å². The highest BCUT2D eigenvalue weighted by molar-refractivity contribution is 9.09. The number of aromatic carboxylic acids is 1. The van der Waals surface area contributed by atoms with Crippen LogP contribution >= 0.6 is 15.9 Å². The van der Waals surface area contributed by atoms with Crippen molar-refractivity contribution in [3.63, 3.8) is 0 Å². The lowest BCUT2D eigenvalue weighted by molar-refractivity contribution is 0.0695. The van der Waals surface area contributed by atoms with Crippen LogP contribution in [0.4, 0.5) is 4.39 Å². The molecule has 0 amide bonds. The van der Waals surface area contributed by atoms with Crippen LogP contribution in [0.1, 0.15) is 15.9 Å². The fraction of sp³-hybridized carbons (Fsp3) is 0.222. The first-order valence-electron chi connectivity index (χ1n) is 3.73. The van der Waals surface area contributed by atoms with Gasteiger partial charge in [-0.25, -0.2) is 9.18 Å². The molecule has 1 rings (SSSR count). The molecule has 0 radical (unpaired) electrons. The Labute approximate surface area is 83.5 Å². The Bertz CT molecular complexity index is 325. The third-order valence-electron chi connectivity index (χ3n) is 1.67. The van der Waals surface area contributed by atoms with Crippen molar-refractivity contribution in [2.45, 2.75) is 6.42 Å². The van der Waals surface area contributed by atoms with Gasteiger partial charge in [-0.15, -0.1) is 0 Å². The molecule has 1 aromatic rings. The lowest BCUT2D eigenvalue weighted by Crippen LogP contribution is -2.03. The molecule has 1 N–H and O–H groups in total. The van der Waals surface area contributed by atoms with Crippen molar-refractivity contribution in [2.75, 3.05) is 5.33 Å². The first kappa shape index (κ1) is 10.2. The smallest absolute Gasteiger partial charge is 0.336 e. The summed E-state index contributed by atoms with van der Waals surface area (Å²) in [5.74, 6) is -1.61. The third kappa shape index (κ3) is 2.52. The Hall–Kier alpha value is -0.900. The van der Waals surface area contributed by atoms with Crippen molar-refractivity contribution >= 4 is 21.9 Å². The Morgan fingerprint density at radius 3 is 2.77 bits per heavy atom. The van der Waals surface area contributed by atoms with Crippen LogP contribution in [0.15, 0.2) is 18.2 Å². The Kier molecular flexibility index (Phi) is 3.42. The van der Waals surface area contributed by atoms with Gasteiger partial charge in [0.05, 0.1) is 5.56 Å². The standard InChI is InChI=1S/C9H8BrFO2/c10-4-3-6-1-2-7(11)5-8(6)9(12)13/h1-2,5H,3-4H2,(H,12,13). The highest BCUT2D eigenvalue weighted by Gasteiger charge is 2.09. The summed E-state index contributed by atoms with van der Waals surface area (Å²) in [6.45, 7) is 0. The number of alkyl halides is 1. The van der Waals surface area contributed by atoms with Crippen molar-refractivity contribution in [3.8, 4) is 0 Å². The molecule has 70 valence electrons. The number of rotatable bonds is 3. The van der Waals surface area contributed by atoms with E-state index in [0.717, 1.165) is 6.07 Å². The van der Waals surface area contributed by atoms with Crippen molar-refractivity contribution in [1.82, 2.24) is 0 Å². The number of benzene rings is 1. The van der Waals surface area contributed by atoms with Gasteiger partial charge < -0.3 is 5.11 Å². The topological polar surface area (TPSA) is 37.3 Å². The van der Waals surface area contributed by atoms with E-state index in [-0.39, 0.29) is 5.56 Å². The van der Waals surface area contributed by atoms with Crippen molar-refractivity contribution in [3.05, 3.63) is 35.1 Å². The predicted octanol–water partition coefficient (Wildman–Crippen LogP) is 2.46. The van der Waals surface area contributed by atoms with Crippen LogP contribution in [0.3, 0.4) is 0 Å². The molecule has 0 heterocycles. The molecule has 0 aliphatic rings. The highest BCUT2D eigenvalue weighted by atomic mass is 79.9. The average molecular weight is 247 g/mol. The lowest BCUT2D eigenvalue weighted by Gasteiger charge is -2.03. The molecule has 0 fully saturated rings. The second-order valence-corrected chi connectivity index (χ2v) is 3.34. The minimum atomic E-state index is -1.09. The number of aryl methyl sites for hydroxylation is 1. The lowest BCUT2D eigenvalue weighted by atomic mass is 10.1. The molecule has 4 heteroatoms. The van der Waals surface area contributed by atoms with Gasteiger partial charge in [0.2, 0.25) is 0 Å². The minimum absolute atomic E-state index is 0.0412. The summed E-state index contributed by atoms with van der Waals surface area (Å²) in [6.07, 6.45) is 0.585. The summed E-state index contributed by atoms with van der Waals surface area (Å²) in [5.41, 5.74) is 0.685. The molecule has 0 saturated heterocycles. The van der Waals surface area contributed by atoms with E-state index in [9.17, 15) is 9.18 Å². The van der Waals surface area contributed by atoms with Gasteiger partial charge in [0.15, 0.2) is 0 Å². The molecule has 0 aliphatic carbocycles. The van der Waals surface area contributed by atoms with Crippen LogP contribution in [0.2, 0.25) is 0 Å². The predicted molar refractivity (Wildman–Crippen MR) is 50.9 cm³/mol. The van der Waals surface area contributed by atoms with Crippen LogP contribution in [-0.4, -0.2) is 16.4 Å². The van der Waals surface area contributed by atoms with Crippen molar-refractivity contribution in [1.29, 1.82) is 0 Å². The fourth-order valence-corrected chi connectivity index (χ4v) is 1.49.